The molecule has 2 heterocycles. The zero-order valence-electron chi connectivity index (χ0n) is 12.0. The standard InChI is InChI=1S/C16H21N3S/c1-13-5-7-14(8-6-13)17-16-18-15(12-20-16)11-19-9-3-2-4-10-19/h5-8,12H,2-4,9-11H2,1H3,(H,17,18)/p+1. The molecule has 0 radical (unpaired) electrons. The minimum atomic E-state index is 1.00. The summed E-state index contributed by atoms with van der Waals surface area (Å²) in [6.07, 6.45) is 4.14. The summed E-state index contributed by atoms with van der Waals surface area (Å²) >= 11 is 1.70. The zero-order valence-corrected chi connectivity index (χ0v) is 12.8. The van der Waals surface area contributed by atoms with Crippen molar-refractivity contribution < 1.29 is 4.90 Å². The Kier molecular flexibility index (Phi) is 4.33. The lowest BCUT2D eigenvalue weighted by Gasteiger charge is -2.22. The van der Waals surface area contributed by atoms with Gasteiger partial charge in [0.2, 0.25) is 0 Å². The molecule has 0 aliphatic carbocycles. The third-order valence-electron chi connectivity index (χ3n) is 3.85. The molecule has 0 unspecified atom stereocenters. The van der Waals surface area contributed by atoms with Crippen LogP contribution in [0, 0.1) is 6.92 Å². The molecule has 3 rings (SSSR count). The van der Waals surface area contributed by atoms with Crippen molar-refractivity contribution in [2.75, 3.05) is 18.4 Å². The maximum Gasteiger partial charge on any atom is 0.187 e. The Balaban J connectivity index is 1.60. The minimum absolute atomic E-state index is 1.00. The molecular formula is C16H22N3S+. The van der Waals surface area contributed by atoms with Gasteiger partial charge in [-0.2, -0.15) is 0 Å². The highest BCUT2D eigenvalue weighted by atomic mass is 32.1. The smallest absolute Gasteiger partial charge is 0.187 e. The largest absolute Gasteiger partial charge is 0.332 e. The average Bonchev–Trinajstić information content (AvgIpc) is 2.90. The van der Waals surface area contributed by atoms with Gasteiger partial charge in [-0.3, -0.25) is 0 Å². The van der Waals surface area contributed by atoms with E-state index in [9.17, 15) is 0 Å². The van der Waals surface area contributed by atoms with Gasteiger partial charge in [-0.25, -0.2) is 4.98 Å². The lowest BCUT2D eigenvalue weighted by Crippen LogP contribution is -3.11. The summed E-state index contributed by atoms with van der Waals surface area (Å²) in [5.41, 5.74) is 3.62. The fraction of sp³-hybridized carbons (Fsp3) is 0.438. The van der Waals surface area contributed by atoms with Crippen LogP contribution in [0.4, 0.5) is 10.8 Å². The van der Waals surface area contributed by atoms with Crippen molar-refractivity contribution in [3.05, 3.63) is 40.9 Å². The summed E-state index contributed by atoms with van der Waals surface area (Å²) in [4.78, 5) is 6.39. The molecule has 0 saturated carbocycles. The van der Waals surface area contributed by atoms with Crippen molar-refractivity contribution in [2.24, 2.45) is 0 Å². The first kappa shape index (κ1) is 13.6. The summed E-state index contributed by atoms with van der Waals surface area (Å²) < 4.78 is 0. The van der Waals surface area contributed by atoms with Crippen LogP contribution in [0.5, 0.6) is 0 Å². The Hall–Kier alpha value is -1.39. The van der Waals surface area contributed by atoms with Crippen LogP contribution in [0.25, 0.3) is 0 Å². The van der Waals surface area contributed by atoms with Gasteiger partial charge in [0.15, 0.2) is 5.13 Å². The molecule has 2 aromatic rings. The van der Waals surface area contributed by atoms with E-state index in [2.05, 4.69) is 41.9 Å². The quantitative estimate of drug-likeness (QED) is 0.906. The van der Waals surface area contributed by atoms with Crippen LogP contribution in [-0.2, 0) is 6.54 Å². The number of thiazole rings is 1. The van der Waals surface area contributed by atoms with E-state index in [0.29, 0.717) is 0 Å². The van der Waals surface area contributed by atoms with Gasteiger partial charge in [-0.05, 0) is 38.3 Å². The number of nitrogens with zero attached hydrogens (tertiary/aromatic N) is 1. The number of rotatable bonds is 4. The number of piperidine rings is 1. The summed E-state index contributed by atoms with van der Waals surface area (Å²) in [5.74, 6) is 0. The molecule has 0 atom stereocenters. The summed E-state index contributed by atoms with van der Waals surface area (Å²) in [5, 5.41) is 6.58. The predicted molar refractivity (Wildman–Crippen MR) is 84.8 cm³/mol. The molecule has 1 aliphatic rings. The number of anilines is 2. The summed E-state index contributed by atoms with van der Waals surface area (Å²) in [7, 11) is 0. The Labute approximate surface area is 124 Å². The van der Waals surface area contributed by atoms with Crippen molar-refractivity contribution in [1.29, 1.82) is 0 Å². The fourth-order valence-electron chi connectivity index (χ4n) is 2.69. The molecule has 1 aromatic heterocycles. The predicted octanol–water partition coefficient (Wildman–Crippen LogP) is 2.76. The SMILES string of the molecule is Cc1ccc(Nc2nc(C[NH+]3CCCCC3)cs2)cc1. The van der Waals surface area contributed by atoms with Crippen LogP contribution >= 0.6 is 11.3 Å². The molecule has 1 fully saturated rings. The van der Waals surface area contributed by atoms with Crippen LogP contribution < -0.4 is 10.2 Å². The molecule has 3 nitrogen and oxygen atoms in total. The van der Waals surface area contributed by atoms with Gasteiger partial charge >= 0.3 is 0 Å². The maximum absolute atomic E-state index is 4.71. The molecule has 1 saturated heterocycles. The highest BCUT2D eigenvalue weighted by molar-refractivity contribution is 7.13. The number of nitrogens with one attached hydrogen (secondary N) is 2. The van der Waals surface area contributed by atoms with E-state index in [1.54, 1.807) is 16.2 Å². The summed E-state index contributed by atoms with van der Waals surface area (Å²) in [6.45, 7) is 5.79. The molecule has 2 N–H and O–H groups in total. The fourth-order valence-corrected chi connectivity index (χ4v) is 3.42. The van der Waals surface area contributed by atoms with Crippen LogP contribution in [0.15, 0.2) is 29.6 Å². The number of quaternary nitrogens is 1. The van der Waals surface area contributed by atoms with Gasteiger partial charge in [0.25, 0.3) is 0 Å². The van der Waals surface area contributed by atoms with Crippen molar-refractivity contribution in [3.8, 4) is 0 Å². The Morgan fingerprint density at radius 3 is 2.65 bits per heavy atom. The second kappa shape index (κ2) is 6.37. The Morgan fingerprint density at radius 1 is 1.15 bits per heavy atom. The summed E-state index contributed by atoms with van der Waals surface area (Å²) in [6, 6.07) is 8.45. The second-order valence-electron chi connectivity index (χ2n) is 5.62. The van der Waals surface area contributed by atoms with E-state index in [-0.39, 0.29) is 0 Å². The number of aromatic nitrogens is 1. The number of benzene rings is 1. The van der Waals surface area contributed by atoms with E-state index < -0.39 is 0 Å². The van der Waals surface area contributed by atoms with E-state index >= 15 is 0 Å². The number of likely N-dealkylation sites (tertiary alicyclic amines) is 1. The second-order valence-corrected chi connectivity index (χ2v) is 6.48. The lowest BCUT2D eigenvalue weighted by atomic mass is 10.1. The van der Waals surface area contributed by atoms with Gasteiger partial charge in [0.1, 0.15) is 12.2 Å². The van der Waals surface area contributed by atoms with Crippen LogP contribution in [0.3, 0.4) is 0 Å². The highest BCUT2D eigenvalue weighted by Gasteiger charge is 2.15. The van der Waals surface area contributed by atoms with E-state index in [0.717, 1.165) is 17.4 Å². The molecule has 0 spiro atoms. The molecule has 106 valence electrons. The van der Waals surface area contributed by atoms with Gasteiger partial charge in [0, 0.05) is 11.1 Å². The van der Waals surface area contributed by atoms with E-state index in [1.807, 2.05) is 0 Å². The molecule has 0 bridgehead atoms. The first-order chi connectivity index (χ1) is 9.79. The lowest BCUT2D eigenvalue weighted by molar-refractivity contribution is -0.918. The van der Waals surface area contributed by atoms with Crippen molar-refractivity contribution >= 4 is 22.2 Å². The number of aryl methyl sites for hydroxylation is 1. The normalized spacial score (nSPS) is 16.2. The Bertz CT molecular complexity index is 541. The van der Waals surface area contributed by atoms with Gasteiger partial charge < -0.3 is 10.2 Å². The first-order valence-corrected chi connectivity index (χ1v) is 8.29. The van der Waals surface area contributed by atoms with Crippen molar-refractivity contribution in [2.45, 2.75) is 32.7 Å². The molecule has 4 heteroatoms. The zero-order chi connectivity index (χ0) is 13.8. The monoisotopic (exact) mass is 288 g/mol. The average molecular weight is 288 g/mol. The van der Waals surface area contributed by atoms with Crippen LogP contribution in [0.1, 0.15) is 30.5 Å². The molecule has 1 aromatic carbocycles. The minimum Gasteiger partial charge on any atom is -0.332 e. The van der Waals surface area contributed by atoms with Crippen LogP contribution in [0.2, 0.25) is 0 Å². The van der Waals surface area contributed by atoms with Gasteiger partial charge in [0.05, 0.1) is 13.1 Å². The van der Waals surface area contributed by atoms with Crippen LogP contribution in [-0.4, -0.2) is 18.1 Å². The third-order valence-corrected chi connectivity index (χ3v) is 4.65. The van der Waals surface area contributed by atoms with Crippen molar-refractivity contribution in [1.82, 2.24) is 4.98 Å². The Morgan fingerprint density at radius 2 is 1.90 bits per heavy atom. The van der Waals surface area contributed by atoms with Crippen molar-refractivity contribution in [3.63, 3.8) is 0 Å². The third kappa shape index (κ3) is 3.58. The molecule has 0 amide bonds. The maximum atomic E-state index is 4.71. The molecule has 1 aliphatic heterocycles. The van der Waals surface area contributed by atoms with E-state index in [4.69, 9.17) is 4.98 Å². The topological polar surface area (TPSA) is 29.4 Å². The van der Waals surface area contributed by atoms with Gasteiger partial charge in [-0.15, -0.1) is 11.3 Å². The van der Waals surface area contributed by atoms with Gasteiger partial charge in [-0.1, -0.05) is 17.7 Å². The molecular weight excluding hydrogens is 266 g/mol. The highest BCUT2D eigenvalue weighted by Crippen LogP contribution is 2.20. The first-order valence-electron chi connectivity index (χ1n) is 7.41. The number of hydrogen-bond donors (Lipinski definition) is 2. The number of hydrogen-bond acceptors (Lipinski definition) is 3. The van der Waals surface area contributed by atoms with E-state index in [1.165, 1.54) is 43.6 Å². The molecule has 20 heavy (non-hydrogen) atoms.